The average molecular weight is 560 g/mol. The molecule has 0 saturated carbocycles. The molecule has 4 aliphatic rings. The molecule has 1 unspecified atom stereocenters. The summed E-state index contributed by atoms with van der Waals surface area (Å²) in [6, 6.07) is 12.4. The molecule has 1 aliphatic carbocycles. The van der Waals surface area contributed by atoms with Crippen molar-refractivity contribution in [3.63, 3.8) is 0 Å². The summed E-state index contributed by atoms with van der Waals surface area (Å²) in [4.78, 5) is 14.5. The number of aromatic carboxylic acids is 1. The van der Waals surface area contributed by atoms with Gasteiger partial charge >= 0.3 is 0 Å². The van der Waals surface area contributed by atoms with Crippen LogP contribution in [0.15, 0.2) is 40.8 Å². The van der Waals surface area contributed by atoms with Gasteiger partial charge in [-0.1, -0.05) is 20.8 Å². The van der Waals surface area contributed by atoms with Crippen molar-refractivity contribution in [2.45, 2.75) is 39.5 Å². The van der Waals surface area contributed by atoms with Crippen molar-refractivity contribution in [1.82, 2.24) is 4.58 Å². The third-order valence-electron chi connectivity index (χ3n) is 8.22. The highest BCUT2D eigenvalue weighted by Crippen LogP contribution is 2.47. The fraction of sp³-hybridized carbons (Fsp3) is 0.344. The van der Waals surface area contributed by atoms with Gasteiger partial charge in [-0.25, -0.2) is 17.7 Å². The van der Waals surface area contributed by atoms with Crippen molar-refractivity contribution in [3.8, 4) is 28.5 Å². The normalized spacial score (nSPS) is 15.9. The second kappa shape index (κ2) is 9.65. The summed E-state index contributed by atoms with van der Waals surface area (Å²) in [6.07, 6.45) is 2.09. The van der Waals surface area contributed by atoms with Crippen LogP contribution < -0.4 is 19.9 Å². The Kier molecular flexibility index (Phi) is 6.33. The molecule has 0 amide bonds. The lowest BCUT2D eigenvalue weighted by Gasteiger charge is -2.33. The van der Waals surface area contributed by atoms with Crippen LogP contribution in [-0.2, 0) is 0 Å². The number of carbonyl (C=O) groups excluding carboxylic acids is 1. The molecule has 9 heteroatoms. The molecule has 0 N–H and O–H groups in total. The summed E-state index contributed by atoms with van der Waals surface area (Å²) in [5.41, 5.74) is -2.13. The first-order valence-corrected chi connectivity index (χ1v) is 13.7. The summed E-state index contributed by atoms with van der Waals surface area (Å²) < 4.78 is 56.3. The predicted molar refractivity (Wildman–Crippen MR) is 147 cm³/mol. The fourth-order valence-corrected chi connectivity index (χ4v) is 5.73. The number of hydrogen-bond donors (Lipinski definition) is 0. The van der Waals surface area contributed by atoms with Gasteiger partial charge in [0.15, 0.2) is 11.6 Å². The van der Waals surface area contributed by atoms with Gasteiger partial charge in [-0.3, -0.25) is 0 Å². The van der Waals surface area contributed by atoms with E-state index in [0.717, 1.165) is 50.1 Å². The maximum absolute atomic E-state index is 16.7. The van der Waals surface area contributed by atoms with Crippen molar-refractivity contribution in [3.05, 3.63) is 70.3 Å². The molecule has 6 nitrogen and oxygen atoms in total. The van der Waals surface area contributed by atoms with E-state index in [1.54, 1.807) is 45.0 Å². The van der Waals surface area contributed by atoms with E-state index in [0.29, 0.717) is 22.3 Å². The molecule has 2 aromatic rings. The monoisotopic (exact) mass is 559 g/mol. The van der Waals surface area contributed by atoms with E-state index in [1.165, 1.54) is 0 Å². The van der Waals surface area contributed by atoms with Crippen LogP contribution in [0.4, 0.5) is 18.9 Å². The molecule has 2 aromatic carbocycles. The second-order valence-corrected chi connectivity index (χ2v) is 11.8. The number of hydrogen-bond acceptors (Lipinski definition) is 5. The molecular formula is C32H28F3N3O3. The van der Waals surface area contributed by atoms with Gasteiger partial charge in [0.1, 0.15) is 30.3 Å². The minimum Gasteiger partial charge on any atom is -0.545 e. The third-order valence-corrected chi connectivity index (χ3v) is 8.22. The van der Waals surface area contributed by atoms with Gasteiger partial charge in [-0.15, -0.1) is 0 Å². The van der Waals surface area contributed by atoms with E-state index >= 15 is 13.2 Å². The van der Waals surface area contributed by atoms with Gasteiger partial charge in [-0.2, -0.15) is 5.26 Å². The van der Waals surface area contributed by atoms with E-state index in [2.05, 4.69) is 9.48 Å². The smallest absolute Gasteiger partial charge is 0.203 e. The van der Waals surface area contributed by atoms with Crippen LogP contribution in [0.3, 0.4) is 0 Å². The molecule has 0 radical (unpaired) electrons. The summed E-state index contributed by atoms with van der Waals surface area (Å²) >= 11 is 0. The van der Waals surface area contributed by atoms with Crippen molar-refractivity contribution in [2.75, 3.05) is 31.1 Å². The highest BCUT2D eigenvalue weighted by molar-refractivity contribution is 6.08. The molecule has 1 atom stereocenters. The fourth-order valence-electron chi connectivity index (χ4n) is 5.73. The zero-order valence-electron chi connectivity index (χ0n) is 23.0. The summed E-state index contributed by atoms with van der Waals surface area (Å²) in [5.74, 6) is -7.92. The first kappa shape index (κ1) is 26.9. The summed E-state index contributed by atoms with van der Waals surface area (Å²) in [5, 5.41) is 23.4. The van der Waals surface area contributed by atoms with Crippen LogP contribution in [0.2, 0.25) is 0 Å². The van der Waals surface area contributed by atoms with E-state index in [-0.39, 0.29) is 5.56 Å². The van der Waals surface area contributed by atoms with Gasteiger partial charge in [0.2, 0.25) is 5.36 Å². The Hall–Kier alpha value is -4.32. The van der Waals surface area contributed by atoms with Crippen LogP contribution in [0, 0.1) is 34.2 Å². The molecule has 3 heterocycles. The number of fused-ring (bicyclic) bond motifs is 2. The molecule has 210 valence electrons. The van der Waals surface area contributed by atoms with Crippen LogP contribution in [-0.4, -0.2) is 32.1 Å². The van der Waals surface area contributed by atoms with Gasteiger partial charge < -0.3 is 19.2 Å². The topological polar surface area (TPSA) is 83.3 Å². The molecule has 2 saturated heterocycles. The van der Waals surface area contributed by atoms with E-state index in [9.17, 15) is 15.2 Å². The zero-order valence-corrected chi connectivity index (χ0v) is 23.0. The van der Waals surface area contributed by atoms with Gasteiger partial charge in [0, 0.05) is 64.1 Å². The van der Waals surface area contributed by atoms with Gasteiger partial charge in [-0.05, 0) is 30.0 Å². The standard InChI is InChI=1S/C32H28F3N3O3/c1-32(2,3)21(16-36)25-28(33)26(27(31(39)40)30(35)29(25)34)24-19-8-6-17(37-10-4-11-37)14-22(19)41-23-15-18(7-9-20(23)24)38-12-5-13-38/h6-9,14-15,21H,4-5,10-13H2,1-3H3. The number of carboxylic acids is 1. The molecule has 0 aromatic heterocycles. The maximum atomic E-state index is 16.7. The van der Waals surface area contributed by atoms with Crippen LogP contribution >= 0.6 is 0 Å². The minimum absolute atomic E-state index is 0.0361. The first-order chi connectivity index (χ1) is 19.5. The average Bonchev–Trinajstić information content (AvgIpc) is 2.84. The summed E-state index contributed by atoms with van der Waals surface area (Å²) in [7, 11) is 0. The molecule has 41 heavy (non-hydrogen) atoms. The van der Waals surface area contributed by atoms with Crippen LogP contribution in [0.1, 0.15) is 55.5 Å². The number of rotatable bonds is 4. The van der Waals surface area contributed by atoms with Crippen molar-refractivity contribution in [2.24, 2.45) is 5.41 Å². The predicted octanol–water partition coefficient (Wildman–Crippen LogP) is 5.02. The number of anilines is 1. The lowest BCUT2D eigenvalue weighted by Crippen LogP contribution is -2.40. The number of carbonyl (C=O) groups is 1. The van der Waals surface area contributed by atoms with Gasteiger partial charge in [0.05, 0.1) is 30.4 Å². The zero-order chi connectivity index (χ0) is 29.2. The van der Waals surface area contributed by atoms with E-state index < -0.39 is 51.4 Å². The lowest BCUT2D eigenvalue weighted by molar-refractivity contribution is -0.255. The highest BCUT2D eigenvalue weighted by Gasteiger charge is 2.38. The quantitative estimate of drug-likeness (QED) is 0.199. The maximum Gasteiger partial charge on any atom is 0.203 e. The number of halogens is 3. The number of carboxylic acid groups (broad SMARTS) is 1. The van der Waals surface area contributed by atoms with Crippen LogP contribution in [0.5, 0.6) is 0 Å². The SMILES string of the molecule is CC(C)(C)C(C#N)c1c(F)c(F)c(C(=O)[O-])c(-c2c3ccc(=[N+]4CCC4)cc-3oc3cc(N4CCC4)ccc23)c1F. The van der Waals surface area contributed by atoms with E-state index in [1.807, 2.05) is 18.2 Å². The number of benzene rings is 3. The Morgan fingerprint density at radius 2 is 1.76 bits per heavy atom. The number of nitriles is 1. The third kappa shape index (κ3) is 4.24. The molecular weight excluding hydrogens is 531 g/mol. The van der Waals surface area contributed by atoms with Crippen molar-refractivity contribution >= 4 is 22.6 Å². The minimum atomic E-state index is -2.07. The van der Waals surface area contributed by atoms with Crippen molar-refractivity contribution in [1.29, 1.82) is 5.26 Å². The Morgan fingerprint density at radius 3 is 2.32 bits per heavy atom. The second-order valence-electron chi connectivity index (χ2n) is 11.8. The molecule has 0 bridgehead atoms. The molecule has 2 fully saturated rings. The van der Waals surface area contributed by atoms with Gasteiger partial charge in [0.25, 0.3) is 0 Å². The molecule has 3 aliphatic heterocycles. The Labute approximate surface area is 234 Å². The largest absolute Gasteiger partial charge is 0.545 e. The number of nitrogens with zero attached hydrogens (tertiary/aromatic N) is 3. The van der Waals surface area contributed by atoms with E-state index in [4.69, 9.17) is 4.42 Å². The van der Waals surface area contributed by atoms with Crippen molar-refractivity contribution < 1.29 is 27.5 Å². The molecule has 0 spiro atoms. The lowest BCUT2D eigenvalue weighted by atomic mass is 9.75. The summed E-state index contributed by atoms with van der Waals surface area (Å²) in [6.45, 7) is 8.26. The van der Waals surface area contributed by atoms with Crippen LogP contribution in [0.25, 0.3) is 33.4 Å². The Bertz CT molecular complexity index is 1820. The first-order valence-electron chi connectivity index (χ1n) is 13.7. The molecule has 6 rings (SSSR count). The highest BCUT2D eigenvalue weighted by atomic mass is 19.2. The Balaban J connectivity index is 1.77. The Morgan fingerprint density at radius 1 is 1.02 bits per heavy atom.